The monoisotopic (exact) mass is 485 g/mol. The van der Waals surface area contributed by atoms with Crippen LogP contribution in [0.5, 0.6) is 0 Å². The maximum Gasteiger partial charge on any atom is 0.351 e. The van der Waals surface area contributed by atoms with Gasteiger partial charge in [0, 0.05) is 38.6 Å². The number of nitrogens with zero attached hydrogens (tertiary/aromatic N) is 4. The van der Waals surface area contributed by atoms with E-state index in [1.807, 2.05) is 49.3 Å². The predicted octanol–water partition coefficient (Wildman–Crippen LogP) is 0.580. The predicted molar refractivity (Wildman–Crippen MR) is 134 cm³/mol. The van der Waals surface area contributed by atoms with E-state index in [2.05, 4.69) is 5.32 Å². The highest BCUT2D eigenvalue weighted by Gasteiger charge is 2.16. The topological polar surface area (TPSA) is 108 Å². The highest BCUT2D eigenvalue weighted by Crippen LogP contribution is 2.11. The zero-order valence-electron chi connectivity index (χ0n) is 20.3. The minimum absolute atomic E-state index is 0.0477. The largest absolute Gasteiger partial charge is 0.462 e. The van der Waals surface area contributed by atoms with Crippen LogP contribution in [0.25, 0.3) is 11.8 Å². The standard InChI is InChI=1S/C24H31N5O4S/c1-6-29-22(31)20(34-23(29)19(15-25)24(32)33-7-2)16-26-18-10-8-17(9-11-18)14-21(30)28(5)13-12-27(3)4/h8-11,16,26H,6-7,12-14H2,1-5H3/b20-16-,23-19-. The summed E-state index contributed by atoms with van der Waals surface area (Å²) in [5.41, 5.74) is 1.15. The molecule has 1 heterocycles. The summed E-state index contributed by atoms with van der Waals surface area (Å²) in [5, 5.41) is 12.5. The molecule has 1 aromatic carbocycles. The molecule has 10 heteroatoms. The zero-order valence-corrected chi connectivity index (χ0v) is 21.1. The number of thiazole rings is 1. The first-order chi connectivity index (χ1) is 16.2. The number of aromatic nitrogens is 1. The summed E-state index contributed by atoms with van der Waals surface area (Å²) in [7, 11) is 5.74. The number of carbonyl (C=O) groups excluding carboxylic acids is 2. The van der Waals surface area contributed by atoms with Gasteiger partial charge in [0.15, 0.2) is 5.57 Å². The molecule has 0 aliphatic rings. The van der Waals surface area contributed by atoms with E-state index in [9.17, 15) is 19.6 Å². The lowest BCUT2D eigenvalue weighted by Gasteiger charge is -2.19. The van der Waals surface area contributed by atoms with Gasteiger partial charge in [0.05, 0.1) is 13.0 Å². The fraction of sp³-hybridized carbons (Fsp3) is 0.417. The van der Waals surface area contributed by atoms with Crippen molar-refractivity contribution in [2.45, 2.75) is 26.8 Å². The van der Waals surface area contributed by atoms with E-state index in [1.165, 1.54) is 4.57 Å². The van der Waals surface area contributed by atoms with Crippen molar-refractivity contribution >= 4 is 40.7 Å². The van der Waals surface area contributed by atoms with Gasteiger partial charge in [-0.2, -0.15) is 5.26 Å². The zero-order chi connectivity index (χ0) is 25.3. The van der Waals surface area contributed by atoms with E-state index in [1.54, 1.807) is 32.0 Å². The lowest BCUT2D eigenvalue weighted by Crippen LogP contribution is -2.34. The van der Waals surface area contributed by atoms with Crippen LogP contribution in [-0.4, -0.2) is 67.1 Å². The number of hydrogen-bond acceptors (Lipinski definition) is 8. The first kappa shape index (κ1) is 26.8. The molecular weight excluding hydrogens is 454 g/mol. The van der Waals surface area contributed by atoms with Crippen LogP contribution in [0.1, 0.15) is 19.4 Å². The maximum absolute atomic E-state index is 12.8. The van der Waals surface area contributed by atoms with Gasteiger partial charge in [-0.3, -0.25) is 14.2 Å². The van der Waals surface area contributed by atoms with E-state index in [0.29, 0.717) is 24.0 Å². The van der Waals surface area contributed by atoms with Crippen molar-refractivity contribution in [3.8, 4) is 6.07 Å². The molecule has 0 bridgehead atoms. The van der Waals surface area contributed by atoms with Crippen molar-refractivity contribution in [1.82, 2.24) is 14.4 Å². The Morgan fingerprint density at radius 1 is 1.18 bits per heavy atom. The van der Waals surface area contributed by atoms with Crippen LogP contribution in [-0.2, 0) is 27.3 Å². The highest BCUT2D eigenvalue weighted by atomic mass is 32.1. The van der Waals surface area contributed by atoms with Crippen LogP contribution < -0.4 is 20.1 Å². The normalized spacial score (nSPS) is 12.3. The first-order valence-corrected chi connectivity index (χ1v) is 11.8. The third kappa shape index (κ3) is 7.04. The highest BCUT2D eigenvalue weighted by molar-refractivity contribution is 7.07. The summed E-state index contributed by atoms with van der Waals surface area (Å²) in [6, 6.07) is 9.24. The molecule has 1 amide bonds. The number of ether oxygens (including phenoxy) is 1. The van der Waals surface area contributed by atoms with Crippen LogP contribution in [0.4, 0.5) is 5.69 Å². The third-order valence-corrected chi connectivity index (χ3v) is 6.15. The van der Waals surface area contributed by atoms with Gasteiger partial charge in [0.1, 0.15) is 15.3 Å². The summed E-state index contributed by atoms with van der Waals surface area (Å²) in [4.78, 5) is 41.0. The molecule has 9 nitrogen and oxygen atoms in total. The van der Waals surface area contributed by atoms with Crippen molar-refractivity contribution in [2.75, 3.05) is 46.2 Å². The molecule has 0 aliphatic heterocycles. The summed E-state index contributed by atoms with van der Waals surface area (Å²) in [6.07, 6.45) is 1.86. The van der Waals surface area contributed by atoms with Gasteiger partial charge in [0.2, 0.25) is 5.91 Å². The molecule has 0 saturated carbocycles. The molecule has 182 valence electrons. The molecule has 0 spiro atoms. The van der Waals surface area contributed by atoms with E-state index >= 15 is 0 Å². The lowest BCUT2D eigenvalue weighted by atomic mass is 10.1. The number of amides is 1. The Balaban J connectivity index is 2.21. The van der Waals surface area contributed by atoms with E-state index in [-0.39, 0.29) is 28.3 Å². The lowest BCUT2D eigenvalue weighted by molar-refractivity contribution is -0.136. The Kier molecular flexibility index (Phi) is 10.0. The van der Waals surface area contributed by atoms with E-state index < -0.39 is 5.97 Å². The van der Waals surface area contributed by atoms with Gasteiger partial charge in [-0.25, -0.2) is 4.79 Å². The molecule has 0 radical (unpaired) electrons. The van der Waals surface area contributed by atoms with Crippen molar-refractivity contribution in [3.63, 3.8) is 0 Å². The number of carbonyl (C=O) groups is 2. The van der Waals surface area contributed by atoms with Gasteiger partial charge >= 0.3 is 5.97 Å². The summed E-state index contributed by atoms with van der Waals surface area (Å²) >= 11 is 1.06. The van der Waals surface area contributed by atoms with Gasteiger partial charge in [0.25, 0.3) is 5.56 Å². The number of likely N-dealkylation sites (N-methyl/N-ethyl adjacent to an activating group) is 2. The second-order valence-electron chi connectivity index (χ2n) is 7.81. The average Bonchev–Trinajstić information content (AvgIpc) is 3.12. The smallest absolute Gasteiger partial charge is 0.351 e. The van der Waals surface area contributed by atoms with E-state index in [4.69, 9.17) is 4.74 Å². The van der Waals surface area contributed by atoms with Gasteiger partial charge < -0.3 is 19.9 Å². The molecule has 0 saturated heterocycles. The third-order valence-electron chi connectivity index (χ3n) is 5.02. The first-order valence-electron chi connectivity index (χ1n) is 11.0. The number of hydrogen-bond donors (Lipinski definition) is 1. The number of nitriles is 1. The van der Waals surface area contributed by atoms with E-state index in [0.717, 1.165) is 29.1 Å². The quantitative estimate of drug-likeness (QED) is 0.491. The molecular formula is C24H31N5O4S. The van der Waals surface area contributed by atoms with Crippen molar-refractivity contribution < 1.29 is 14.3 Å². The molecule has 1 N–H and O–H groups in total. The number of anilines is 1. The van der Waals surface area contributed by atoms with Crippen molar-refractivity contribution in [1.29, 1.82) is 5.26 Å². The van der Waals surface area contributed by atoms with Crippen LogP contribution in [0.2, 0.25) is 0 Å². The molecule has 1 aromatic heterocycles. The molecule has 2 rings (SSSR count). The molecule has 2 aromatic rings. The average molecular weight is 486 g/mol. The van der Waals surface area contributed by atoms with Crippen molar-refractivity contribution in [2.24, 2.45) is 0 Å². The maximum atomic E-state index is 12.8. The van der Waals surface area contributed by atoms with Crippen LogP contribution in [0.3, 0.4) is 0 Å². The number of rotatable bonds is 10. The van der Waals surface area contributed by atoms with Gasteiger partial charge in [-0.05, 0) is 45.6 Å². The van der Waals surface area contributed by atoms with Gasteiger partial charge in [-0.15, -0.1) is 11.3 Å². The number of esters is 1. The SMILES string of the molecule is CCOC(=O)/C(C#N)=c1\s/c(=C\Nc2ccc(CC(=O)N(C)CCN(C)C)cc2)c(=O)n1CC. The minimum Gasteiger partial charge on any atom is -0.462 e. The second-order valence-corrected chi connectivity index (χ2v) is 8.84. The number of nitrogens with one attached hydrogen (secondary N) is 1. The minimum atomic E-state index is -0.745. The summed E-state index contributed by atoms with van der Waals surface area (Å²) in [6.45, 7) is 5.35. The molecule has 0 unspecified atom stereocenters. The van der Waals surface area contributed by atoms with Crippen molar-refractivity contribution in [3.05, 3.63) is 49.4 Å². The Morgan fingerprint density at radius 2 is 1.85 bits per heavy atom. The molecule has 0 aliphatic carbocycles. The molecule has 0 fully saturated rings. The fourth-order valence-corrected chi connectivity index (χ4v) is 4.11. The fourth-order valence-electron chi connectivity index (χ4n) is 3.03. The van der Waals surface area contributed by atoms with Gasteiger partial charge in [-0.1, -0.05) is 12.1 Å². The summed E-state index contributed by atoms with van der Waals surface area (Å²) < 4.78 is 6.96. The Labute approximate surface area is 203 Å². The van der Waals surface area contributed by atoms with Crippen LogP contribution in [0, 0.1) is 11.3 Å². The summed E-state index contributed by atoms with van der Waals surface area (Å²) in [5.74, 6) is -0.697. The van der Waals surface area contributed by atoms with Crippen LogP contribution in [0.15, 0.2) is 29.1 Å². The Hall–Kier alpha value is -3.42. The second kappa shape index (κ2) is 12.7. The molecule has 0 atom stereocenters. The molecule has 34 heavy (non-hydrogen) atoms. The Morgan fingerprint density at radius 3 is 2.41 bits per heavy atom. The number of benzene rings is 1. The van der Waals surface area contributed by atoms with Crippen LogP contribution >= 0.6 is 11.3 Å². The Bertz CT molecular complexity index is 1220.